The maximum Gasteiger partial charge on any atom is 0.289 e. The van der Waals surface area contributed by atoms with E-state index in [1.807, 2.05) is 4.89 Å². The lowest BCUT2D eigenvalue weighted by Gasteiger charge is -2.09. The zero-order valence-electron chi connectivity index (χ0n) is 9.64. The molecule has 7 nitrogen and oxygen atoms in total. The Morgan fingerprint density at radius 3 is 2.61 bits per heavy atom. The van der Waals surface area contributed by atoms with Gasteiger partial charge in [0, 0.05) is 6.07 Å². The Bertz CT molecular complexity index is 573. The largest absolute Gasteiger partial charge is 0.289 e. The molecule has 0 heterocycles. The molecule has 0 saturated heterocycles. The van der Waals surface area contributed by atoms with Gasteiger partial charge in [-0.2, -0.15) is 0 Å². The second-order valence-electron chi connectivity index (χ2n) is 3.35. The summed E-state index contributed by atoms with van der Waals surface area (Å²) in [6.45, 7) is 3.21. The molecule has 0 aliphatic heterocycles. The number of nitro benzene ring substituents is 1. The molecule has 0 atom stereocenters. The highest BCUT2D eigenvalue weighted by Crippen LogP contribution is 2.29. The predicted octanol–water partition coefficient (Wildman–Crippen LogP) is 1.79. The van der Waals surface area contributed by atoms with Crippen LogP contribution in [0.1, 0.15) is 12.5 Å². The Morgan fingerprint density at radius 2 is 2.11 bits per heavy atom. The summed E-state index contributed by atoms with van der Waals surface area (Å²) in [5, 5.41) is 10.6. The molecule has 9 heteroatoms. The van der Waals surface area contributed by atoms with Gasteiger partial charge in [-0.3, -0.25) is 15.0 Å². The minimum absolute atomic E-state index is 0.118. The normalized spacial score (nSPS) is 11.5. The van der Waals surface area contributed by atoms with Crippen LogP contribution in [0, 0.1) is 17.0 Å². The van der Waals surface area contributed by atoms with Crippen LogP contribution in [0.15, 0.2) is 17.0 Å². The number of nitro groups is 1. The monoisotopic (exact) mass is 294 g/mol. The van der Waals surface area contributed by atoms with E-state index in [4.69, 9.17) is 11.6 Å². The van der Waals surface area contributed by atoms with Gasteiger partial charge in [-0.1, -0.05) is 16.5 Å². The summed E-state index contributed by atoms with van der Waals surface area (Å²) < 4.78 is 23.6. The Balaban J connectivity index is 3.33. The first-order valence-corrected chi connectivity index (χ1v) is 6.74. The third-order valence-corrected chi connectivity index (χ3v) is 3.70. The van der Waals surface area contributed by atoms with Crippen LogP contribution in [-0.2, 0) is 14.9 Å². The lowest BCUT2D eigenvalue weighted by atomic mass is 10.2. The molecule has 18 heavy (non-hydrogen) atoms. The van der Waals surface area contributed by atoms with Crippen LogP contribution in [0.3, 0.4) is 0 Å². The second kappa shape index (κ2) is 5.61. The van der Waals surface area contributed by atoms with E-state index < -0.39 is 20.6 Å². The van der Waals surface area contributed by atoms with Crippen LogP contribution in [0.5, 0.6) is 0 Å². The van der Waals surface area contributed by atoms with Crippen molar-refractivity contribution in [2.75, 3.05) is 6.61 Å². The fourth-order valence-corrected chi connectivity index (χ4v) is 2.65. The highest BCUT2D eigenvalue weighted by atomic mass is 35.5. The van der Waals surface area contributed by atoms with Gasteiger partial charge >= 0.3 is 0 Å². The van der Waals surface area contributed by atoms with Gasteiger partial charge in [0.1, 0.15) is 5.02 Å². The van der Waals surface area contributed by atoms with E-state index in [1.165, 1.54) is 13.0 Å². The average Bonchev–Trinajstić information content (AvgIpc) is 2.25. The van der Waals surface area contributed by atoms with Gasteiger partial charge in [0.25, 0.3) is 15.7 Å². The zero-order valence-corrected chi connectivity index (χ0v) is 11.2. The molecule has 0 aliphatic carbocycles. The van der Waals surface area contributed by atoms with Gasteiger partial charge < -0.3 is 0 Å². The summed E-state index contributed by atoms with van der Waals surface area (Å²) in [6, 6.07) is 2.12. The number of nitrogens with zero attached hydrogens (tertiary/aromatic N) is 1. The van der Waals surface area contributed by atoms with Crippen molar-refractivity contribution in [3.8, 4) is 0 Å². The molecule has 1 aromatic rings. The average molecular weight is 295 g/mol. The first-order chi connectivity index (χ1) is 8.29. The zero-order chi connectivity index (χ0) is 13.9. The molecule has 0 amide bonds. The first kappa shape index (κ1) is 14.8. The Labute approximate surface area is 109 Å². The molecule has 1 rings (SSSR count). The quantitative estimate of drug-likeness (QED) is 0.659. The lowest BCUT2D eigenvalue weighted by Crippen LogP contribution is -2.24. The number of hydrogen-bond donors (Lipinski definition) is 1. The summed E-state index contributed by atoms with van der Waals surface area (Å²) in [6.07, 6.45) is 0. The van der Waals surface area contributed by atoms with Crippen LogP contribution in [-0.4, -0.2) is 19.9 Å². The molecule has 1 N–H and O–H groups in total. The Hall–Kier alpha value is -1.22. The van der Waals surface area contributed by atoms with Gasteiger partial charge in [0.2, 0.25) is 0 Å². The molecule has 0 aliphatic rings. The van der Waals surface area contributed by atoms with Crippen LogP contribution in [0.2, 0.25) is 5.02 Å². The highest BCUT2D eigenvalue weighted by molar-refractivity contribution is 7.89. The third-order valence-electron chi connectivity index (χ3n) is 2.04. The number of sulfonamides is 1. The Kier molecular flexibility index (Phi) is 4.63. The summed E-state index contributed by atoms with van der Waals surface area (Å²) in [4.78, 5) is 16.2. The summed E-state index contributed by atoms with van der Waals surface area (Å²) >= 11 is 5.66. The molecule has 0 unspecified atom stereocenters. The minimum Gasteiger partial charge on any atom is -0.287 e. The third kappa shape index (κ3) is 3.16. The van der Waals surface area contributed by atoms with E-state index in [-0.39, 0.29) is 22.1 Å². The van der Waals surface area contributed by atoms with Gasteiger partial charge in [0.05, 0.1) is 16.4 Å². The highest BCUT2D eigenvalue weighted by Gasteiger charge is 2.23. The first-order valence-electron chi connectivity index (χ1n) is 4.87. The van der Waals surface area contributed by atoms with Crippen molar-refractivity contribution in [1.29, 1.82) is 0 Å². The summed E-state index contributed by atoms with van der Waals surface area (Å²) in [5.74, 6) is 0. The second-order valence-corrected chi connectivity index (χ2v) is 5.37. The molecular formula is C9H11ClN2O5S. The Morgan fingerprint density at radius 1 is 1.50 bits per heavy atom. The van der Waals surface area contributed by atoms with E-state index in [0.717, 1.165) is 6.07 Å². The van der Waals surface area contributed by atoms with Crippen molar-refractivity contribution >= 4 is 27.3 Å². The van der Waals surface area contributed by atoms with Crippen molar-refractivity contribution in [3.63, 3.8) is 0 Å². The van der Waals surface area contributed by atoms with Crippen LogP contribution >= 0.6 is 11.6 Å². The number of benzene rings is 1. The van der Waals surface area contributed by atoms with Gasteiger partial charge in [0.15, 0.2) is 0 Å². The minimum atomic E-state index is -3.96. The van der Waals surface area contributed by atoms with Gasteiger partial charge in [-0.05, 0) is 25.5 Å². The van der Waals surface area contributed by atoms with Crippen LogP contribution < -0.4 is 4.89 Å². The van der Waals surface area contributed by atoms with Gasteiger partial charge in [-0.25, -0.2) is 8.42 Å². The van der Waals surface area contributed by atoms with E-state index in [0.29, 0.717) is 0 Å². The number of rotatable bonds is 5. The number of halogens is 1. The maximum absolute atomic E-state index is 11.8. The van der Waals surface area contributed by atoms with Gasteiger partial charge in [-0.15, -0.1) is 0 Å². The van der Waals surface area contributed by atoms with Crippen molar-refractivity contribution in [3.05, 3.63) is 32.8 Å². The molecule has 1 aromatic carbocycles. The van der Waals surface area contributed by atoms with Crippen molar-refractivity contribution in [2.45, 2.75) is 18.7 Å². The molecule has 0 bridgehead atoms. The van der Waals surface area contributed by atoms with Crippen LogP contribution in [0.25, 0.3) is 0 Å². The molecule has 0 spiro atoms. The maximum atomic E-state index is 11.8. The molecular weight excluding hydrogens is 284 g/mol. The fourth-order valence-electron chi connectivity index (χ4n) is 1.25. The number of hydrogen-bond acceptors (Lipinski definition) is 5. The van der Waals surface area contributed by atoms with Crippen LogP contribution in [0.4, 0.5) is 5.69 Å². The number of aryl methyl sites for hydroxylation is 1. The van der Waals surface area contributed by atoms with E-state index in [9.17, 15) is 18.5 Å². The summed E-state index contributed by atoms with van der Waals surface area (Å²) in [7, 11) is -3.96. The SMILES string of the molecule is CCONS(=O)(=O)c1cc([N+](=O)[O-])c(Cl)cc1C. The predicted molar refractivity (Wildman–Crippen MR) is 64.8 cm³/mol. The molecule has 0 aromatic heterocycles. The topological polar surface area (TPSA) is 98.5 Å². The van der Waals surface area contributed by atoms with E-state index >= 15 is 0 Å². The number of nitrogens with one attached hydrogen (secondary N) is 1. The van der Waals surface area contributed by atoms with E-state index in [1.54, 1.807) is 6.92 Å². The summed E-state index contributed by atoms with van der Waals surface area (Å²) in [5.41, 5.74) is -0.183. The molecule has 0 saturated carbocycles. The van der Waals surface area contributed by atoms with Crippen molar-refractivity contribution < 1.29 is 18.2 Å². The molecule has 0 fully saturated rings. The van der Waals surface area contributed by atoms with Crippen molar-refractivity contribution in [2.24, 2.45) is 0 Å². The lowest BCUT2D eigenvalue weighted by molar-refractivity contribution is -0.384. The fraction of sp³-hybridized carbons (Fsp3) is 0.333. The standard InChI is InChI=1S/C9H11ClN2O5S/c1-3-17-11-18(15,16)9-5-8(12(13)14)7(10)4-6(9)2/h4-5,11H,3H2,1-2H3. The molecule has 0 radical (unpaired) electrons. The molecule has 100 valence electrons. The smallest absolute Gasteiger partial charge is 0.287 e. The van der Waals surface area contributed by atoms with Crippen molar-refractivity contribution in [1.82, 2.24) is 4.89 Å². The van der Waals surface area contributed by atoms with E-state index in [2.05, 4.69) is 4.84 Å².